The molecule has 1 rings (SSSR count). The van der Waals surface area contributed by atoms with Crippen LogP contribution in [0, 0.1) is 0 Å². The molecule has 2 N–H and O–H groups in total. The fourth-order valence-electron chi connectivity index (χ4n) is 3.64. The third-order valence-electron chi connectivity index (χ3n) is 5.16. The number of likely N-dealkylation sites (N-methyl/N-ethyl adjacent to an activating group) is 1. The molecule has 19 heavy (non-hydrogen) atoms. The molecule has 0 saturated heterocycles. The van der Waals surface area contributed by atoms with Gasteiger partial charge in [0.15, 0.2) is 0 Å². The summed E-state index contributed by atoms with van der Waals surface area (Å²) in [5.41, 5.74) is 6.82. The highest BCUT2D eigenvalue weighted by Gasteiger charge is 2.43. The van der Waals surface area contributed by atoms with Crippen molar-refractivity contribution in [1.82, 2.24) is 4.90 Å². The van der Waals surface area contributed by atoms with Crippen LogP contribution in [0.3, 0.4) is 0 Å². The number of hydrogen-bond acceptors (Lipinski definition) is 3. The smallest absolute Gasteiger partial charge is 0.0623 e. The van der Waals surface area contributed by atoms with Gasteiger partial charge in [0, 0.05) is 18.7 Å². The van der Waals surface area contributed by atoms with E-state index in [2.05, 4.69) is 32.6 Å². The Hall–Kier alpha value is -0.120. The Bertz CT molecular complexity index is 255. The Morgan fingerprint density at radius 3 is 2.16 bits per heavy atom. The number of rotatable bonds is 8. The van der Waals surface area contributed by atoms with Crippen molar-refractivity contribution >= 4 is 0 Å². The number of nitrogens with two attached hydrogens (primary N) is 1. The van der Waals surface area contributed by atoms with E-state index < -0.39 is 0 Å². The third kappa shape index (κ3) is 3.93. The van der Waals surface area contributed by atoms with Crippen LogP contribution in [-0.4, -0.2) is 42.3 Å². The quantitative estimate of drug-likeness (QED) is 0.736. The maximum atomic E-state index is 6.63. The molecule has 1 atom stereocenters. The van der Waals surface area contributed by atoms with Gasteiger partial charge in [-0.3, -0.25) is 4.90 Å². The van der Waals surface area contributed by atoms with Crippen molar-refractivity contribution < 1.29 is 4.74 Å². The van der Waals surface area contributed by atoms with Crippen LogP contribution in [0.5, 0.6) is 0 Å². The lowest BCUT2D eigenvalue weighted by Gasteiger charge is -2.45. The SMILES string of the molecule is CCN(CC)C1(C(N)CCC(C)(C)OC)CCCC1. The zero-order valence-corrected chi connectivity index (χ0v) is 13.7. The van der Waals surface area contributed by atoms with Crippen molar-refractivity contribution in [3.05, 3.63) is 0 Å². The van der Waals surface area contributed by atoms with E-state index >= 15 is 0 Å². The largest absolute Gasteiger partial charge is 0.379 e. The molecule has 1 aliphatic rings. The molecule has 1 saturated carbocycles. The molecule has 3 heteroatoms. The molecule has 0 aromatic heterocycles. The lowest BCUT2D eigenvalue weighted by atomic mass is 9.82. The third-order valence-corrected chi connectivity index (χ3v) is 5.16. The van der Waals surface area contributed by atoms with Crippen LogP contribution in [0.2, 0.25) is 0 Å². The van der Waals surface area contributed by atoms with Crippen LogP contribution < -0.4 is 5.73 Å². The summed E-state index contributed by atoms with van der Waals surface area (Å²) in [5, 5.41) is 0. The number of nitrogens with zero attached hydrogens (tertiary/aromatic N) is 1. The Morgan fingerprint density at radius 1 is 1.21 bits per heavy atom. The number of hydrogen-bond donors (Lipinski definition) is 1. The summed E-state index contributed by atoms with van der Waals surface area (Å²) >= 11 is 0. The molecule has 0 aliphatic heterocycles. The fraction of sp³-hybridized carbons (Fsp3) is 1.00. The molecule has 0 aromatic carbocycles. The summed E-state index contributed by atoms with van der Waals surface area (Å²) in [6, 6.07) is 0.268. The van der Waals surface area contributed by atoms with Crippen molar-refractivity contribution in [3.63, 3.8) is 0 Å². The zero-order chi connectivity index (χ0) is 14.5. The van der Waals surface area contributed by atoms with E-state index in [1.165, 1.54) is 25.7 Å². The topological polar surface area (TPSA) is 38.5 Å². The standard InChI is InChI=1S/C16H34N2O/c1-6-18(7-2)16(11-8-9-12-16)14(17)10-13-15(3,4)19-5/h14H,6-13,17H2,1-5H3. The van der Waals surface area contributed by atoms with E-state index in [-0.39, 0.29) is 17.2 Å². The second-order valence-corrected chi connectivity index (χ2v) is 6.59. The molecular formula is C16H34N2O. The minimum atomic E-state index is -0.0549. The molecule has 0 heterocycles. The second kappa shape index (κ2) is 7.05. The van der Waals surface area contributed by atoms with Gasteiger partial charge < -0.3 is 10.5 Å². The van der Waals surface area contributed by atoms with Crippen molar-refractivity contribution in [2.75, 3.05) is 20.2 Å². The van der Waals surface area contributed by atoms with Crippen LogP contribution in [0.1, 0.15) is 66.2 Å². The Balaban J connectivity index is 2.71. The first-order valence-corrected chi connectivity index (χ1v) is 7.97. The summed E-state index contributed by atoms with van der Waals surface area (Å²) in [4.78, 5) is 2.60. The molecule has 1 fully saturated rings. The van der Waals surface area contributed by atoms with E-state index in [9.17, 15) is 0 Å². The molecule has 0 amide bonds. The molecule has 0 spiro atoms. The minimum absolute atomic E-state index is 0.0549. The molecule has 0 aromatic rings. The normalized spacial score (nSPS) is 21.0. The van der Waals surface area contributed by atoms with E-state index in [0.29, 0.717) is 0 Å². The van der Waals surface area contributed by atoms with Crippen molar-refractivity contribution in [3.8, 4) is 0 Å². The highest BCUT2D eigenvalue weighted by Crippen LogP contribution is 2.39. The van der Waals surface area contributed by atoms with Crippen molar-refractivity contribution in [2.24, 2.45) is 5.73 Å². The maximum absolute atomic E-state index is 6.63. The molecule has 0 bridgehead atoms. The lowest BCUT2D eigenvalue weighted by molar-refractivity contribution is 0.00346. The molecule has 1 unspecified atom stereocenters. The maximum Gasteiger partial charge on any atom is 0.0623 e. The van der Waals surface area contributed by atoms with Gasteiger partial charge in [0.1, 0.15) is 0 Å². The van der Waals surface area contributed by atoms with Gasteiger partial charge in [-0.25, -0.2) is 0 Å². The first-order valence-electron chi connectivity index (χ1n) is 7.97. The molecular weight excluding hydrogens is 236 g/mol. The van der Waals surface area contributed by atoms with Gasteiger partial charge >= 0.3 is 0 Å². The zero-order valence-electron chi connectivity index (χ0n) is 13.7. The van der Waals surface area contributed by atoms with Gasteiger partial charge in [-0.05, 0) is 52.6 Å². The van der Waals surface area contributed by atoms with Crippen LogP contribution in [0.25, 0.3) is 0 Å². The first kappa shape index (κ1) is 16.9. The highest BCUT2D eigenvalue weighted by molar-refractivity contribution is 5.02. The van der Waals surface area contributed by atoms with Crippen LogP contribution in [0.4, 0.5) is 0 Å². The average Bonchev–Trinajstić information content (AvgIpc) is 2.88. The van der Waals surface area contributed by atoms with E-state index in [1.54, 1.807) is 7.11 Å². The van der Waals surface area contributed by atoms with Crippen molar-refractivity contribution in [1.29, 1.82) is 0 Å². The van der Waals surface area contributed by atoms with Gasteiger partial charge in [0.25, 0.3) is 0 Å². The summed E-state index contributed by atoms with van der Waals surface area (Å²) in [7, 11) is 1.79. The summed E-state index contributed by atoms with van der Waals surface area (Å²) in [6.07, 6.45) is 7.29. The van der Waals surface area contributed by atoms with Crippen LogP contribution in [0.15, 0.2) is 0 Å². The van der Waals surface area contributed by atoms with E-state index in [4.69, 9.17) is 10.5 Å². The Kier molecular flexibility index (Phi) is 6.28. The lowest BCUT2D eigenvalue weighted by Crippen LogP contribution is -2.58. The summed E-state index contributed by atoms with van der Waals surface area (Å²) < 4.78 is 5.53. The molecule has 114 valence electrons. The predicted molar refractivity (Wildman–Crippen MR) is 82.4 cm³/mol. The number of methoxy groups -OCH3 is 1. The van der Waals surface area contributed by atoms with E-state index in [0.717, 1.165) is 25.9 Å². The molecule has 1 aliphatic carbocycles. The van der Waals surface area contributed by atoms with Gasteiger partial charge in [-0.1, -0.05) is 26.7 Å². The van der Waals surface area contributed by atoms with Gasteiger partial charge in [0.2, 0.25) is 0 Å². The van der Waals surface area contributed by atoms with Crippen LogP contribution >= 0.6 is 0 Å². The number of ether oxygens (including phenoxy) is 1. The fourth-order valence-corrected chi connectivity index (χ4v) is 3.64. The first-order chi connectivity index (χ1) is 8.91. The van der Waals surface area contributed by atoms with E-state index in [1.807, 2.05) is 0 Å². The second-order valence-electron chi connectivity index (χ2n) is 6.59. The summed E-state index contributed by atoms with van der Waals surface area (Å²) in [6.45, 7) is 11.0. The van der Waals surface area contributed by atoms with Crippen molar-refractivity contribution in [2.45, 2.75) is 83.4 Å². The van der Waals surface area contributed by atoms with Gasteiger partial charge in [-0.2, -0.15) is 0 Å². The Labute approximate surface area is 119 Å². The minimum Gasteiger partial charge on any atom is -0.379 e. The van der Waals surface area contributed by atoms with Gasteiger partial charge in [-0.15, -0.1) is 0 Å². The molecule has 3 nitrogen and oxygen atoms in total. The highest BCUT2D eigenvalue weighted by atomic mass is 16.5. The predicted octanol–water partition coefficient (Wildman–Crippen LogP) is 3.17. The molecule has 0 radical (unpaired) electrons. The summed E-state index contributed by atoms with van der Waals surface area (Å²) in [5.74, 6) is 0. The van der Waals surface area contributed by atoms with Gasteiger partial charge in [0.05, 0.1) is 5.60 Å². The monoisotopic (exact) mass is 270 g/mol. The van der Waals surface area contributed by atoms with Crippen LogP contribution in [-0.2, 0) is 4.74 Å². The Morgan fingerprint density at radius 2 is 1.74 bits per heavy atom. The average molecular weight is 270 g/mol.